The van der Waals surface area contributed by atoms with E-state index in [-0.39, 0.29) is 11.7 Å². The van der Waals surface area contributed by atoms with Gasteiger partial charge in [-0.05, 0) is 37.5 Å². The van der Waals surface area contributed by atoms with E-state index in [2.05, 4.69) is 5.92 Å². The SMILES string of the molecule is C#Cc1cc(C(=O)O)cc2c1OC(C)CC2. The molecule has 82 valence electrons. The first-order valence-corrected chi connectivity index (χ1v) is 5.15. The Hall–Kier alpha value is -1.95. The molecular formula is C13H12O3. The van der Waals surface area contributed by atoms with Crippen molar-refractivity contribution in [3.8, 4) is 18.1 Å². The van der Waals surface area contributed by atoms with Crippen LogP contribution < -0.4 is 4.74 Å². The van der Waals surface area contributed by atoms with E-state index in [0.29, 0.717) is 11.3 Å². The Balaban J connectivity index is 2.56. The second kappa shape index (κ2) is 3.90. The first kappa shape index (κ1) is 10.6. The van der Waals surface area contributed by atoms with Crippen molar-refractivity contribution in [2.24, 2.45) is 0 Å². The Morgan fingerprint density at radius 1 is 1.62 bits per heavy atom. The van der Waals surface area contributed by atoms with Crippen molar-refractivity contribution in [2.45, 2.75) is 25.9 Å². The Morgan fingerprint density at radius 3 is 3.00 bits per heavy atom. The molecule has 0 amide bonds. The molecule has 0 bridgehead atoms. The number of rotatable bonds is 1. The van der Waals surface area contributed by atoms with Gasteiger partial charge in [-0.1, -0.05) is 5.92 Å². The molecule has 0 aliphatic carbocycles. The lowest BCUT2D eigenvalue weighted by Gasteiger charge is -2.24. The molecule has 0 fully saturated rings. The normalized spacial score (nSPS) is 18.1. The van der Waals surface area contributed by atoms with Gasteiger partial charge in [0, 0.05) is 0 Å². The average Bonchev–Trinajstić information content (AvgIpc) is 2.27. The van der Waals surface area contributed by atoms with Crippen LogP contribution in [0, 0.1) is 12.3 Å². The van der Waals surface area contributed by atoms with Crippen molar-refractivity contribution in [1.82, 2.24) is 0 Å². The molecule has 0 aromatic heterocycles. The zero-order valence-electron chi connectivity index (χ0n) is 8.99. The van der Waals surface area contributed by atoms with Gasteiger partial charge in [0.05, 0.1) is 17.2 Å². The van der Waals surface area contributed by atoms with Crippen molar-refractivity contribution < 1.29 is 14.6 Å². The molecule has 1 aromatic carbocycles. The van der Waals surface area contributed by atoms with E-state index in [1.165, 1.54) is 6.07 Å². The minimum atomic E-state index is -0.960. The topological polar surface area (TPSA) is 46.5 Å². The van der Waals surface area contributed by atoms with Gasteiger partial charge in [0.15, 0.2) is 0 Å². The quantitative estimate of drug-likeness (QED) is 0.731. The highest BCUT2D eigenvalue weighted by Gasteiger charge is 2.21. The number of fused-ring (bicyclic) bond motifs is 1. The van der Waals surface area contributed by atoms with E-state index in [4.69, 9.17) is 16.3 Å². The van der Waals surface area contributed by atoms with Crippen molar-refractivity contribution in [3.05, 3.63) is 28.8 Å². The first-order chi connectivity index (χ1) is 7.61. The highest BCUT2D eigenvalue weighted by atomic mass is 16.5. The number of hydrogen-bond acceptors (Lipinski definition) is 2. The molecule has 3 nitrogen and oxygen atoms in total. The Morgan fingerprint density at radius 2 is 2.38 bits per heavy atom. The maximum Gasteiger partial charge on any atom is 0.335 e. The Labute approximate surface area is 94.0 Å². The molecule has 1 aromatic rings. The largest absolute Gasteiger partial charge is 0.489 e. The van der Waals surface area contributed by atoms with Crippen LogP contribution in [0.3, 0.4) is 0 Å². The molecule has 0 radical (unpaired) electrons. The van der Waals surface area contributed by atoms with Gasteiger partial charge in [0.25, 0.3) is 0 Å². The summed E-state index contributed by atoms with van der Waals surface area (Å²) in [6.07, 6.45) is 7.20. The van der Waals surface area contributed by atoms with E-state index >= 15 is 0 Å². The number of carboxylic acid groups (broad SMARTS) is 1. The summed E-state index contributed by atoms with van der Waals surface area (Å²) in [5.41, 5.74) is 1.65. The number of aryl methyl sites for hydroxylation is 1. The average molecular weight is 216 g/mol. The molecule has 0 spiro atoms. The predicted molar refractivity (Wildman–Crippen MR) is 59.7 cm³/mol. The van der Waals surface area contributed by atoms with Crippen molar-refractivity contribution in [2.75, 3.05) is 0 Å². The van der Waals surface area contributed by atoms with E-state index < -0.39 is 5.97 Å². The first-order valence-electron chi connectivity index (χ1n) is 5.15. The van der Waals surface area contributed by atoms with Gasteiger partial charge < -0.3 is 9.84 Å². The van der Waals surface area contributed by atoms with Crippen LogP contribution in [-0.2, 0) is 6.42 Å². The third kappa shape index (κ3) is 1.74. The Kier molecular flexibility index (Phi) is 2.57. The molecule has 0 saturated carbocycles. The number of ether oxygens (including phenoxy) is 1. The van der Waals surface area contributed by atoms with E-state index in [1.54, 1.807) is 6.07 Å². The van der Waals surface area contributed by atoms with Gasteiger partial charge in [-0.3, -0.25) is 0 Å². The van der Waals surface area contributed by atoms with E-state index in [9.17, 15) is 4.79 Å². The molecule has 1 aliphatic rings. The molecule has 3 heteroatoms. The van der Waals surface area contributed by atoms with Crippen LogP contribution in [-0.4, -0.2) is 17.2 Å². The fourth-order valence-electron chi connectivity index (χ4n) is 1.86. The summed E-state index contributed by atoms with van der Waals surface area (Å²) in [6.45, 7) is 1.98. The van der Waals surface area contributed by atoms with Crippen LogP contribution in [0.5, 0.6) is 5.75 Å². The summed E-state index contributed by atoms with van der Waals surface area (Å²) in [7, 11) is 0. The van der Waals surface area contributed by atoms with E-state index in [0.717, 1.165) is 18.4 Å². The maximum absolute atomic E-state index is 10.9. The molecule has 1 heterocycles. The minimum absolute atomic E-state index is 0.135. The second-order valence-corrected chi connectivity index (χ2v) is 3.93. The monoisotopic (exact) mass is 216 g/mol. The lowest BCUT2D eigenvalue weighted by molar-refractivity contribution is 0.0696. The van der Waals surface area contributed by atoms with Crippen LogP contribution >= 0.6 is 0 Å². The minimum Gasteiger partial charge on any atom is -0.489 e. The van der Waals surface area contributed by atoms with Gasteiger partial charge >= 0.3 is 5.97 Å². The lowest BCUT2D eigenvalue weighted by atomic mass is 9.97. The standard InChI is InChI=1S/C13H12O3/c1-3-9-6-11(13(14)15)7-10-5-4-8(2)16-12(9)10/h1,6-8H,4-5H2,2H3,(H,14,15). The van der Waals surface area contributed by atoms with Crippen LogP contribution in [0.15, 0.2) is 12.1 Å². The lowest BCUT2D eigenvalue weighted by Crippen LogP contribution is -2.20. The number of aromatic carboxylic acids is 1. The fourth-order valence-corrected chi connectivity index (χ4v) is 1.86. The van der Waals surface area contributed by atoms with Gasteiger partial charge in [-0.15, -0.1) is 6.42 Å². The molecule has 1 atom stereocenters. The van der Waals surface area contributed by atoms with Crippen LogP contribution in [0.2, 0.25) is 0 Å². The number of carboxylic acids is 1. The molecule has 1 unspecified atom stereocenters. The number of benzene rings is 1. The summed E-state index contributed by atoms with van der Waals surface area (Å²) in [5.74, 6) is 2.19. The number of terminal acetylenes is 1. The second-order valence-electron chi connectivity index (χ2n) is 3.93. The maximum atomic E-state index is 10.9. The highest BCUT2D eigenvalue weighted by molar-refractivity contribution is 5.89. The summed E-state index contributed by atoms with van der Waals surface area (Å²) in [5, 5.41) is 8.95. The zero-order chi connectivity index (χ0) is 11.7. The summed E-state index contributed by atoms with van der Waals surface area (Å²) in [4.78, 5) is 10.9. The third-order valence-electron chi connectivity index (χ3n) is 2.71. The van der Waals surface area contributed by atoms with Crippen LogP contribution in [0.25, 0.3) is 0 Å². The number of hydrogen-bond donors (Lipinski definition) is 1. The summed E-state index contributed by atoms with van der Waals surface area (Å²) < 4.78 is 5.65. The van der Waals surface area contributed by atoms with Crippen LogP contribution in [0.1, 0.15) is 34.8 Å². The number of carbonyl (C=O) groups is 1. The predicted octanol–water partition coefficient (Wildman–Crippen LogP) is 2.08. The van der Waals surface area contributed by atoms with Crippen molar-refractivity contribution in [3.63, 3.8) is 0 Å². The third-order valence-corrected chi connectivity index (χ3v) is 2.71. The highest BCUT2D eigenvalue weighted by Crippen LogP contribution is 2.32. The van der Waals surface area contributed by atoms with Gasteiger partial charge in [-0.2, -0.15) is 0 Å². The van der Waals surface area contributed by atoms with Gasteiger partial charge in [0.1, 0.15) is 5.75 Å². The molecule has 0 saturated heterocycles. The van der Waals surface area contributed by atoms with Crippen LogP contribution in [0.4, 0.5) is 0 Å². The molecule has 1 N–H and O–H groups in total. The Bertz CT molecular complexity index is 483. The van der Waals surface area contributed by atoms with Crippen molar-refractivity contribution in [1.29, 1.82) is 0 Å². The van der Waals surface area contributed by atoms with Crippen molar-refractivity contribution >= 4 is 5.97 Å². The molecular weight excluding hydrogens is 204 g/mol. The summed E-state index contributed by atoms with van der Waals surface area (Å²) >= 11 is 0. The molecule has 1 aliphatic heterocycles. The van der Waals surface area contributed by atoms with Gasteiger partial charge in [-0.25, -0.2) is 4.79 Å². The molecule has 2 rings (SSSR count). The molecule has 16 heavy (non-hydrogen) atoms. The smallest absolute Gasteiger partial charge is 0.335 e. The summed E-state index contributed by atoms with van der Waals surface area (Å²) in [6, 6.07) is 3.13. The van der Waals surface area contributed by atoms with Gasteiger partial charge in [0.2, 0.25) is 0 Å². The van der Waals surface area contributed by atoms with E-state index in [1.807, 2.05) is 6.92 Å². The fraction of sp³-hybridized carbons (Fsp3) is 0.308. The zero-order valence-corrected chi connectivity index (χ0v) is 8.99.